The van der Waals surface area contributed by atoms with Gasteiger partial charge in [0.15, 0.2) is 22.9 Å². The van der Waals surface area contributed by atoms with E-state index in [2.05, 4.69) is 97.5 Å². The van der Waals surface area contributed by atoms with Gasteiger partial charge in [-0.25, -0.2) is 4.79 Å². The fraction of sp³-hybridized carbons (Fsp3) is 0.413. The van der Waals surface area contributed by atoms with E-state index in [0.29, 0.717) is 46.0 Å². The molecule has 0 amide bonds. The van der Waals surface area contributed by atoms with Crippen molar-refractivity contribution < 1.29 is 37.5 Å². The monoisotopic (exact) mass is 1180 g/mol. The van der Waals surface area contributed by atoms with Crippen LogP contribution in [0.15, 0.2) is 144 Å². The lowest BCUT2D eigenvalue weighted by atomic mass is 9.77. The van der Waals surface area contributed by atoms with E-state index < -0.39 is 18.4 Å². The molecule has 0 radical (unpaired) electrons. The first kappa shape index (κ1) is 63.9. The first-order chi connectivity index (χ1) is 42.2. The molecule has 458 valence electrons. The van der Waals surface area contributed by atoms with Crippen LogP contribution >= 0.6 is 0 Å². The van der Waals surface area contributed by atoms with Crippen LogP contribution in [0.3, 0.4) is 0 Å². The fourth-order valence-corrected chi connectivity index (χ4v) is 12.9. The number of aromatic carboxylic acids is 1. The Morgan fingerprint density at radius 3 is 1.63 bits per heavy atom. The number of anilines is 2. The van der Waals surface area contributed by atoms with Crippen molar-refractivity contribution in [2.45, 2.75) is 169 Å². The third-order valence-electron chi connectivity index (χ3n) is 18.1. The molecular formula is C75H92BF2N5O4. The van der Waals surface area contributed by atoms with Crippen LogP contribution in [-0.2, 0) is 10.2 Å². The number of carboxylic acids is 1. The van der Waals surface area contributed by atoms with Gasteiger partial charge >= 0.3 is 12.9 Å². The summed E-state index contributed by atoms with van der Waals surface area (Å²) in [5.41, 5.74) is 9.49. The normalized spacial score (nSPS) is 16.3. The van der Waals surface area contributed by atoms with Crippen molar-refractivity contribution in [3.05, 3.63) is 189 Å². The van der Waals surface area contributed by atoms with Gasteiger partial charge < -0.3 is 37.6 Å². The molecule has 1 aliphatic carbocycles. The number of allylic oxidation sites excluding steroid dienone is 6. The van der Waals surface area contributed by atoms with Crippen LogP contribution in [0.25, 0.3) is 29.4 Å². The molecule has 12 heteroatoms. The summed E-state index contributed by atoms with van der Waals surface area (Å²) in [6, 6.07) is 32.6. The molecule has 4 heterocycles. The highest BCUT2D eigenvalue weighted by molar-refractivity contribution is 6.58. The summed E-state index contributed by atoms with van der Waals surface area (Å²) in [6.07, 6.45) is 33.4. The van der Waals surface area contributed by atoms with E-state index in [9.17, 15) is 19.8 Å². The number of ketones is 1. The molecular weight excluding hydrogens is 1080 g/mol. The Balaban J connectivity index is 1.03. The number of unbranched alkanes of at least 4 members (excludes halogenated alkanes) is 13. The lowest BCUT2D eigenvalue weighted by molar-refractivity contribution is -0.438. The number of halogens is 2. The summed E-state index contributed by atoms with van der Waals surface area (Å²) >= 11 is 0. The molecule has 0 atom stereocenters. The predicted molar refractivity (Wildman–Crippen MR) is 358 cm³/mol. The summed E-state index contributed by atoms with van der Waals surface area (Å²) in [6.45, 7) is 15.3. The number of carbonyl (C=O) groups excluding carboxylic acids is 1. The minimum absolute atomic E-state index is 0.0801. The average Bonchev–Trinajstić information content (AvgIpc) is 1.66. The van der Waals surface area contributed by atoms with Crippen LogP contribution in [0, 0.1) is 0 Å². The highest BCUT2D eigenvalue weighted by Crippen LogP contribution is 2.45. The van der Waals surface area contributed by atoms with Crippen LogP contribution in [0.2, 0.25) is 0 Å². The molecule has 0 fully saturated rings. The molecule has 1 aromatic heterocycles. The average molecular weight is 1180 g/mol. The zero-order valence-corrected chi connectivity index (χ0v) is 52.9. The number of nitrogens with zero attached hydrogens (tertiary/aromatic N) is 5. The number of carbonyl (C=O) groups is 2. The number of fused-ring (bicyclic) bond motifs is 3. The molecule has 3 aliphatic heterocycles. The summed E-state index contributed by atoms with van der Waals surface area (Å²) in [7, 11) is 0. The van der Waals surface area contributed by atoms with Crippen molar-refractivity contribution in [1.82, 2.24) is 4.48 Å². The summed E-state index contributed by atoms with van der Waals surface area (Å²) < 4.78 is 40.2. The zero-order chi connectivity index (χ0) is 61.7. The van der Waals surface area contributed by atoms with Gasteiger partial charge in [0.2, 0.25) is 5.69 Å². The summed E-state index contributed by atoms with van der Waals surface area (Å²) in [5.74, 6) is -1.73. The Morgan fingerprint density at radius 1 is 0.609 bits per heavy atom. The second kappa shape index (κ2) is 29.4. The minimum Gasteiger partial charge on any atom is -0.871 e. The van der Waals surface area contributed by atoms with Gasteiger partial charge in [-0.1, -0.05) is 172 Å². The van der Waals surface area contributed by atoms with Gasteiger partial charge in [-0.05, 0) is 129 Å². The Kier molecular flexibility index (Phi) is 21.6. The third-order valence-corrected chi connectivity index (χ3v) is 18.1. The lowest BCUT2D eigenvalue weighted by Crippen LogP contribution is -2.51. The number of hydrogen-bond acceptors (Lipinski definition) is 5. The van der Waals surface area contributed by atoms with Gasteiger partial charge in [0.25, 0.3) is 0 Å². The van der Waals surface area contributed by atoms with Crippen molar-refractivity contribution in [3.63, 3.8) is 0 Å². The summed E-state index contributed by atoms with van der Waals surface area (Å²) in [4.78, 5) is 31.4. The largest absolute Gasteiger partial charge is 0.871 e. The van der Waals surface area contributed by atoms with Crippen molar-refractivity contribution in [2.24, 2.45) is 0 Å². The Morgan fingerprint density at radius 2 is 1.11 bits per heavy atom. The summed E-state index contributed by atoms with van der Waals surface area (Å²) in [5, 5.41) is 24.3. The van der Waals surface area contributed by atoms with E-state index >= 15 is 8.63 Å². The molecule has 4 aliphatic rings. The Labute approximate surface area is 517 Å². The standard InChI is InChI=1S/C75H92BF2N5O4/c1-8-13-18-19-20-21-22-23-24-25-52-81-66-45-36-59(74(86)87)53-65(66)75(6,7)69(81)54-64-72(84)71(73(64)85)58-34-32-57(33-35-58)70-67-46-43-62(41-30-55-26-37-60(38-27-55)79(48-14-9-2)49-15-10-3)82(67)76(77,78)83-63(44-47-68(70)83)42-31-56-28-39-61(40-29-56)80(50-16-11-4)51-17-12-5/h26-47,53-54H,8-25,48-52H2,1-7H3,(H-,84,85,86,87)/b41-30+. The third kappa shape index (κ3) is 14.2. The lowest BCUT2D eigenvalue weighted by Gasteiger charge is -2.33. The van der Waals surface area contributed by atoms with Gasteiger partial charge in [-0.2, -0.15) is 4.58 Å². The molecule has 1 N–H and O–H groups in total. The molecule has 9 nitrogen and oxygen atoms in total. The molecule has 9 rings (SSSR count). The van der Waals surface area contributed by atoms with Gasteiger partial charge in [-0.15, -0.1) is 0 Å². The molecule has 0 saturated heterocycles. The highest BCUT2D eigenvalue weighted by Gasteiger charge is 2.54. The molecule has 4 aromatic carbocycles. The SMILES string of the molecule is CCCCCCCCCCCC[N+]1=C(/C=C2/C(=O)C(c3ccc(C4=C5C=CC(/C=C/c6ccc(N(CCCC)CCCC)cc6)=[N+]5[B-](F)(F)n5c(/C=C/c6ccc(N(CCCC)CCCC)cc6)ccc54)cc3)=C2[O-])C(C)(C)c2cc(C(=O)O)ccc21. The first-order valence-corrected chi connectivity index (χ1v) is 32.9. The van der Waals surface area contributed by atoms with E-state index in [1.165, 1.54) is 53.9 Å². The van der Waals surface area contributed by atoms with Crippen LogP contribution < -0.4 is 14.9 Å². The second-order valence-electron chi connectivity index (χ2n) is 24.8. The topological polar surface area (TPSA) is 94.9 Å². The quantitative estimate of drug-likeness (QED) is 0.0195. The molecule has 0 unspecified atom stereocenters. The van der Waals surface area contributed by atoms with E-state index in [1.807, 2.05) is 44.2 Å². The number of aromatic nitrogens is 1. The molecule has 87 heavy (non-hydrogen) atoms. The first-order valence-electron chi connectivity index (χ1n) is 32.9. The van der Waals surface area contributed by atoms with E-state index in [0.717, 1.165) is 136 Å². The molecule has 0 spiro atoms. The second-order valence-corrected chi connectivity index (χ2v) is 24.8. The smallest absolute Gasteiger partial charge is 0.737 e. The van der Waals surface area contributed by atoms with Crippen LogP contribution in [0.1, 0.15) is 214 Å². The zero-order valence-electron chi connectivity index (χ0n) is 52.9. The van der Waals surface area contributed by atoms with Gasteiger partial charge in [-0.3, -0.25) is 4.79 Å². The number of hydrogen-bond donors (Lipinski definition) is 1. The van der Waals surface area contributed by atoms with E-state index in [-0.39, 0.29) is 28.3 Å². The number of Topliss-reactive ketones (excluding diaryl/α,β-unsaturated/α-hetero) is 1. The number of carboxylic acid groups (broad SMARTS) is 1. The maximum atomic E-state index is 17.8. The fourth-order valence-electron chi connectivity index (χ4n) is 12.9. The Hall–Kier alpha value is -7.60. The minimum atomic E-state index is -4.43. The molecule has 5 aromatic rings. The van der Waals surface area contributed by atoms with Crippen molar-refractivity contribution in [2.75, 3.05) is 42.5 Å². The maximum absolute atomic E-state index is 17.8. The van der Waals surface area contributed by atoms with Gasteiger partial charge in [0.05, 0.1) is 16.6 Å². The van der Waals surface area contributed by atoms with Crippen molar-refractivity contribution in [1.29, 1.82) is 0 Å². The van der Waals surface area contributed by atoms with Crippen LogP contribution in [-0.4, -0.2) is 81.5 Å². The van der Waals surface area contributed by atoms with Crippen LogP contribution in [0.4, 0.5) is 25.7 Å². The molecule has 0 bridgehead atoms. The van der Waals surface area contributed by atoms with E-state index in [4.69, 9.17) is 0 Å². The van der Waals surface area contributed by atoms with Gasteiger partial charge in [0, 0.05) is 102 Å². The maximum Gasteiger partial charge on any atom is 0.737 e. The molecule has 0 saturated carbocycles. The van der Waals surface area contributed by atoms with E-state index in [1.54, 1.807) is 66.8 Å². The van der Waals surface area contributed by atoms with Crippen LogP contribution in [0.5, 0.6) is 0 Å². The Bertz CT molecular complexity index is 3500. The number of rotatable bonds is 33. The van der Waals surface area contributed by atoms with Gasteiger partial charge in [0.1, 0.15) is 6.54 Å². The predicted octanol–water partition coefficient (Wildman–Crippen LogP) is 17.5. The van der Waals surface area contributed by atoms with Crippen molar-refractivity contribution in [3.8, 4) is 0 Å². The number of benzene rings is 4. The van der Waals surface area contributed by atoms with Crippen molar-refractivity contribution >= 4 is 76.6 Å². The highest BCUT2D eigenvalue weighted by atomic mass is 19.2.